The number of hydrogen-bond donors (Lipinski definition) is 1. The number of hydrogen-bond acceptors (Lipinski definition) is 3. The highest BCUT2D eigenvalue weighted by atomic mass is 32.1. The van der Waals surface area contributed by atoms with Gasteiger partial charge in [-0.05, 0) is 104 Å². The standard InChI is InChI=1S/C25H34F2O2S/c1-24-10-8-18-17-9-11-25(29,23(26)27)14-15(17)4-5-19(18)20(24)6-7-21(24)22(28)13-16-3-2-12-30-16/h2-3,12,15,17-21,23,29H,4-11,13-14H2,1H3/t15-,17+,18-,19-,20+,21-,24+,25-/m1/s1. The van der Waals surface area contributed by atoms with E-state index < -0.39 is 12.0 Å². The van der Waals surface area contributed by atoms with E-state index in [0.29, 0.717) is 35.9 Å². The second kappa shape index (κ2) is 7.65. The van der Waals surface area contributed by atoms with Crippen LogP contribution < -0.4 is 0 Å². The second-order valence-electron chi connectivity index (χ2n) is 11.0. The summed E-state index contributed by atoms with van der Waals surface area (Å²) in [7, 11) is 0. The van der Waals surface area contributed by atoms with Gasteiger partial charge >= 0.3 is 0 Å². The first-order chi connectivity index (χ1) is 14.3. The number of aliphatic hydroxyl groups is 1. The molecule has 30 heavy (non-hydrogen) atoms. The maximum Gasteiger partial charge on any atom is 0.266 e. The molecule has 0 amide bonds. The van der Waals surface area contributed by atoms with Gasteiger partial charge in [0.25, 0.3) is 6.43 Å². The summed E-state index contributed by atoms with van der Waals surface area (Å²) in [6.45, 7) is 2.38. The molecule has 5 heteroatoms. The third-order valence-electron chi connectivity index (χ3n) is 9.77. The predicted octanol–water partition coefficient (Wildman–Crippen LogP) is 6.12. The SMILES string of the molecule is C[C@]12CC[C@H]3[C@@H](CC[C@@H]4C[C@@](O)(C(F)F)CC[C@@H]43)[C@@H]1CC[C@@H]2C(=O)Cc1cccs1. The molecule has 5 rings (SSSR count). The van der Waals surface area contributed by atoms with Crippen molar-refractivity contribution in [3.8, 4) is 0 Å². The first-order valence-corrected chi connectivity index (χ1v) is 12.8. The van der Waals surface area contributed by atoms with Gasteiger partial charge in [0.2, 0.25) is 0 Å². The quantitative estimate of drug-likeness (QED) is 0.617. The number of fused-ring (bicyclic) bond motifs is 5. The molecule has 1 heterocycles. The molecule has 0 unspecified atom stereocenters. The van der Waals surface area contributed by atoms with E-state index >= 15 is 0 Å². The average molecular weight is 437 g/mol. The Morgan fingerprint density at radius 3 is 2.67 bits per heavy atom. The van der Waals surface area contributed by atoms with Crippen LogP contribution in [0.5, 0.6) is 0 Å². The molecule has 4 fully saturated rings. The lowest BCUT2D eigenvalue weighted by Gasteiger charge is -2.57. The number of halogens is 2. The molecule has 0 radical (unpaired) electrons. The van der Waals surface area contributed by atoms with E-state index in [-0.39, 0.29) is 30.1 Å². The second-order valence-corrected chi connectivity index (χ2v) is 12.0. The molecule has 166 valence electrons. The van der Waals surface area contributed by atoms with Crippen molar-refractivity contribution < 1.29 is 18.7 Å². The van der Waals surface area contributed by atoms with Crippen LogP contribution in [0.25, 0.3) is 0 Å². The third-order valence-corrected chi connectivity index (χ3v) is 10.6. The first kappa shape index (κ1) is 21.1. The van der Waals surface area contributed by atoms with Gasteiger partial charge in [0.1, 0.15) is 11.4 Å². The van der Waals surface area contributed by atoms with E-state index in [9.17, 15) is 18.7 Å². The van der Waals surface area contributed by atoms with Crippen LogP contribution in [0.2, 0.25) is 0 Å². The molecule has 4 aliphatic rings. The minimum absolute atomic E-state index is 0.112. The number of rotatable bonds is 4. The summed E-state index contributed by atoms with van der Waals surface area (Å²) in [6, 6.07) is 4.09. The topological polar surface area (TPSA) is 37.3 Å². The monoisotopic (exact) mass is 436 g/mol. The fraction of sp³-hybridized carbons (Fsp3) is 0.800. The Hall–Kier alpha value is -0.810. The number of thiophene rings is 1. The van der Waals surface area contributed by atoms with E-state index in [1.165, 1.54) is 4.88 Å². The molecule has 0 aliphatic heterocycles. The fourth-order valence-corrected chi connectivity index (χ4v) is 9.06. The predicted molar refractivity (Wildman–Crippen MR) is 115 cm³/mol. The summed E-state index contributed by atoms with van der Waals surface area (Å²) >= 11 is 1.68. The van der Waals surface area contributed by atoms with Crippen LogP contribution in [0.1, 0.15) is 69.6 Å². The van der Waals surface area contributed by atoms with Gasteiger partial charge in [0.15, 0.2) is 0 Å². The molecule has 1 aromatic heterocycles. The molecule has 4 saturated carbocycles. The molecule has 1 aromatic rings. The molecule has 0 bridgehead atoms. The normalized spacial score (nSPS) is 45.6. The van der Waals surface area contributed by atoms with Gasteiger partial charge in [-0.2, -0.15) is 0 Å². The zero-order chi connectivity index (χ0) is 21.1. The van der Waals surface area contributed by atoms with Gasteiger partial charge in [0, 0.05) is 17.2 Å². The molecule has 2 nitrogen and oxygen atoms in total. The maximum atomic E-state index is 13.4. The van der Waals surface area contributed by atoms with Gasteiger partial charge in [-0.1, -0.05) is 13.0 Å². The summed E-state index contributed by atoms with van der Waals surface area (Å²) in [6.07, 6.45) is 5.70. The molecular formula is C25H34F2O2S. The van der Waals surface area contributed by atoms with Crippen LogP contribution in [-0.2, 0) is 11.2 Å². The van der Waals surface area contributed by atoms with E-state index in [1.807, 2.05) is 11.4 Å². The minimum Gasteiger partial charge on any atom is -0.384 e. The zero-order valence-electron chi connectivity index (χ0n) is 17.9. The highest BCUT2D eigenvalue weighted by Crippen LogP contribution is 2.65. The Morgan fingerprint density at radius 1 is 1.13 bits per heavy atom. The number of carbonyl (C=O) groups is 1. The van der Waals surface area contributed by atoms with Crippen molar-refractivity contribution in [3.63, 3.8) is 0 Å². The first-order valence-electron chi connectivity index (χ1n) is 11.9. The fourth-order valence-electron chi connectivity index (χ4n) is 8.34. The van der Waals surface area contributed by atoms with Gasteiger partial charge in [-0.25, -0.2) is 8.78 Å². The average Bonchev–Trinajstić information content (AvgIpc) is 3.34. The van der Waals surface area contributed by atoms with Crippen LogP contribution in [-0.4, -0.2) is 22.9 Å². The molecule has 0 aromatic carbocycles. The lowest BCUT2D eigenvalue weighted by molar-refractivity contribution is -0.160. The largest absolute Gasteiger partial charge is 0.384 e. The number of carbonyl (C=O) groups excluding carboxylic acids is 1. The maximum absolute atomic E-state index is 13.4. The van der Waals surface area contributed by atoms with Crippen LogP contribution in [0.4, 0.5) is 8.78 Å². The van der Waals surface area contributed by atoms with E-state index in [4.69, 9.17) is 0 Å². The highest BCUT2D eigenvalue weighted by molar-refractivity contribution is 7.10. The summed E-state index contributed by atoms with van der Waals surface area (Å²) in [5, 5.41) is 12.4. The van der Waals surface area contributed by atoms with Crippen molar-refractivity contribution in [2.75, 3.05) is 0 Å². The van der Waals surface area contributed by atoms with E-state index in [0.717, 1.165) is 44.9 Å². The summed E-state index contributed by atoms with van der Waals surface area (Å²) in [4.78, 5) is 14.4. The Kier molecular flexibility index (Phi) is 5.37. The molecule has 0 spiro atoms. The highest BCUT2D eigenvalue weighted by Gasteiger charge is 2.59. The van der Waals surface area contributed by atoms with Crippen molar-refractivity contribution in [1.29, 1.82) is 0 Å². The van der Waals surface area contributed by atoms with Gasteiger partial charge in [0.05, 0.1) is 0 Å². The van der Waals surface area contributed by atoms with Crippen molar-refractivity contribution in [2.45, 2.75) is 83.2 Å². The van der Waals surface area contributed by atoms with Crippen LogP contribution in [0.3, 0.4) is 0 Å². The lowest BCUT2D eigenvalue weighted by Crippen LogP contribution is -2.53. The van der Waals surface area contributed by atoms with E-state index in [1.54, 1.807) is 11.3 Å². The van der Waals surface area contributed by atoms with Gasteiger partial charge in [-0.15, -0.1) is 11.3 Å². The summed E-state index contributed by atoms with van der Waals surface area (Å²) in [5.41, 5.74) is -1.65. The molecule has 8 atom stereocenters. The van der Waals surface area contributed by atoms with Crippen molar-refractivity contribution in [2.24, 2.45) is 40.9 Å². The van der Waals surface area contributed by atoms with Crippen molar-refractivity contribution >= 4 is 17.1 Å². The third kappa shape index (κ3) is 3.30. The molecular weight excluding hydrogens is 402 g/mol. The Morgan fingerprint density at radius 2 is 1.93 bits per heavy atom. The molecule has 0 saturated heterocycles. The minimum atomic E-state index is -2.63. The van der Waals surface area contributed by atoms with Crippen LogP contribution >= 0.6 is 11.3 Å². The van der Waals surface area contributed by atoms with Gasteiger partial charge < -0.3 is 5.11 Å². The Balaban J connectivity index is 1.30. The van der Waals surface area contributed by atoms with Crippen LogP contribution in [0, 0.1) is 40.9 Å². The number of alkyl halides is 2. The number of ketones is 1. The van der Waals surface area contributed by atoms with Gasteiger partial charge in [-0.3, -0.25) is 4.79 Å². The Labute approximate surface area is 182 Å². The van der Waals surface area contributed by atoms with Crippen LogP contribution in [0.15, 0.2) is 17.5 Å². The lowest BCUT2D eigenvalue weighted by atomic mass is 9.49. The van der Waals surface area contributed by atoms with Crippen molar-refractivity contribution in [1.82, 2.24) is 0 Å². The smallest absolute Gasteiger partial charge is 0.266 e. The summed E-state index contributed by atoms with van der Waals surface area (Å²) in [5.74, 6) is 3.20. The Bertz CT molecular complexity index is 780. The summed E-state index contributed by atoms with van der Waals surface area (Å²) < 4.78 is 26.8. The molecule has 4 aliphatic carbocycles. The zero-order valence-corrected chi connectivity index (χ0v) is 18.7. The number of Topliss-reactive ketones (excluding diaryl/α,β-unsaturated/α-hetero) is 1. The molecule has 1 N–H and O–H groups in total. The van der Waals surface area contributed by atoms with Crippen molar-refractivity contribution in [3.05, 3.63) is 22.4 Å². The van der Waals surface area contributed by atoms with E-state index in [2.05, 4.69) is 13.0 Å².